The van der Waals surface area contributed by atoms with Crippen LogP contribution in [-0.4, -0.2) is 72.9 Å². The fraction of sp³-hybridized carbons (Fsp3) is 0.438. The van der Waals surface area contributed by atoms with Crippen LogP contribution in [0.5, 0.6) is 0 Å². The molecule has 3 heterocycles. The number of nitrogens with one attached hydrogen (secondary N) is 1. The number of aromatic nitrogens is 2. The van der Waals surface area contributed by atoms with Crippen molar-refractivity contribution in [1.82, 2.24) is 19.2 Å². The van der Waals surface area contributed by atoms with Gasteiger partial charge >= 0.3 is 0 Å². The Kier molecular flexibility index (Phi) is 4.22. The van der Waals surface area contributed by atoms with Crippen LogP contribution in [0.2, 0.25) is 0 Å². The predicted molar refractivity (Wildman–Crippen MR) is 91.3 cm³/mol. The molecule has 0 atom stereocenters. The summed E-state index contributed by atoms with van der Waals surface area (Å²) < 4.78 is 39.2. The molecule has 0 spiro atoms. The number of halogens is 1. The maximum atomic E-state index is 13.0. The largest absolute Gasteiger partial charge is 0.369 e. The number of benzene rings is 1. The van der Waals surface area contributed by atoms with E-state index in [1.807, 2.05) is 0 Å². The number of nitrogens with zero attached hydrogens (tertiary/aromatic N) is 4. The Morgan fingerprint density at radius 1 is 1.08 bits per heavy atom. The van der Waals surface area contributed by atoms with Gasteiger partial charge in [0.15, 0.2) is 5.03 Å². The summed E-state index contributed by atoms with van der Waals surface area (Å²) in [5.74, 6) is -0.226. The highest BCUT2D eigenvalue weighted by molar-refractivity contribution is 7.89. The fourth-order valence-corrected chi connectivity index (χ4v) is 4.77. The summed E-state index contributed by atoms with van der Waals surface area (Å²) >= 11 is 0. The Morgan fingerprint density at radius 3 is 2.36 bits per heavy atom. The number of imidazole rings is 1. The molecular weight excluding hydrogens is 345 g/mol. The van der Waals surface area contributed by atoms with Crippen molar-refractivity contribution in [3.05, 3.63) is 42.6 Å². The molecule has 2 saturated heterocycles. The maximum absolute atomic E-state index is 13.0. The van der Waals surface area contributed by atoms with Gasteiger partial charge in [0.25, 0.3) is 10.0 Å². The zero-order valence-corrected chi connectivity index (χ0v) is 14.5. The average molecular weight is 365 g/mol. The van der Waals surface area contributed by atoms with Crippen molar-refractivity contribution in [2.24, 2.45) is 0 Å². The summed E-state index contributed by atoms with van der Waals surface area (Å²) in [4.78, 5) is 11.0. The van der Waals surface area contributed by atoms with Gasteiger partial charge in [-0.2, -0.15) is 4.31 Å². The summed E-state index contributed by atoms with van der Waals surface area (Å²) in [6.07, 6.45) is 2.71. The fourth-order valence-electron chi connectivity index (χ4n) is 3.36. The van der Waals surface area contributed by atoms with E-state index in [1.165, 1.54) is 29.0 Å². The summed E-state index contributed by atoms with van der Waals surface area (Å²) in [6.45, 7) is 4.49. The lowest BCUT2D eigenvalue weighted by molar-refractivity contribution is 0.0827. The number of piperazine rings is 1. The number of rotatable bonds is 4. The lowest BCUT2D eigenvalue weighted by Crippen LogP contribution is -2.64. The van der Waals surface area contributed by atoms with Crippen LogP contribution in [0.15, 0.2) is 41.8 Å². The number of hydrogen-bond donors (Lipinski definition) is 1. The van der Waals surface area contributed by atoms with E-state index in [-0.39, 0.29) is 16.9 Å². The summed E-state index contributed by atoms with van der Waals surface area (Å²) in [7, 11) is -3.45. The SMILES string of the molecule is O=S(=O)(c1cnc[nH]1)N1CC(N2CCN(c3ccc(F)cc3)CC2)C1. The van der Waals surface area contributed by atoms with Crippen LogP contribution in [0.1, 0.15) is 0 Å². The normalized spacial score (nSPS) is 20.6. The summed E-state index contributed by atoms with van der Waals surface area (Å²) in [5, 5.41) is 0.145. The van der Waals surface area contributed by atoms with Gasteiger partial charge in [0, 0.05) is 51.0 Å². The van der Waals surface area contributed by atoms with E-state index in [2.05, 4.69) is 19.8 Å². The number of hydrogen-bond acceptors (Lipinski definition) is 5. The molecule has 2 aromatic rings. The molecule has 2 aliphatic heterocycles. The quantitative estimate of drug-likeness (QED) is 0.865. The van der Waals surface area contributed by atoms with E-state index in [1.54, 1.807) is 12.1 Å². The zero-order chi connectivity index (χ0) is 17.4. The van der Waals surface area contributed by atoms with Gasteiger partial charge in [-0.3, -0.25) is 4.90 Å². The molecule has 0 radical (unpaired) electrons. The molecule has 1 N–H and O–H groups in total. The van der Waals surface area contributed by atoms with Crippen molar-refractivity contribution in [3.63, 3.8) is 0 Å². The second-order valence-corrected chi connectivity index (χ2v) is 8.30. The topological polar surface area (TPSA) is 72.5 Å². The van der Waals surface area contributed by atoms with Crippen LogP contribution in [0, 0.1) is 5.82 Å². The van der Waals surface area contributed by atoms with Crippen LogP contribution in [0.3, 0.4) is 0 Å². The van der Waals surface area contributed by atoms with Crippen LogP contribution in [-0.2, 0) is 10.0 Å². The Labute approximate surface area is 146 Å². The van der Waals surface area contributed by atoms with Gasteiger partial charge < -0.3 is 9.88 Å². The first kappa shape index (κ1) is 16.5. The Balaban J connectivity index is 1.31. The molecule has 7 nitrogen and oxygen atoms in total. The van der Waals surface area contributed by atoms with Crippen LogP contribution >= 0.6 is 0 Å². The third kappa shape index (κ3) is 3.14. The minimum Gasteiger partial charge on any atom is -0.369 e. The first-order chi connectivity index (χ1) is 12.0. The molecule has 0 amide bonds. The molecule has 2 fully saturated rings. The predicted octanol–water partition coefficient (Wildman–Crippen LogP) is 0.744. The molecule has 4 rings (SSSR count). The van der Waals surface area contributed by atoms with Gasteiger partial charge in [0.1, 0.15) is 5.82 Å². The van der Waals surface area contributed by atoms with Crippen molar-refractivity contribution < 1.29 is 12.8 Å². The smallest absolute Gasteiger partial charge is 0.260 e. The highest BCUT2D eigenvalue weighted by Gasteiger charge is 2.40. The highest BCUT2D eigenvalue weighted by atomic mass is 32.2. The third-order valence-electron chi connectivity index (χ3n) is 4.94. The van der Waals surface area contributed by atoms with E-state index in [0.29, 0.717) is 13.1 Å². The number of sulfonamides is 1. The zero-order valence-electron chi connectivity index (χ0n) is 13.7. The van der Waals surface area contributed by atoms with Crippen LogP contribution in [0.25, 0.3) is 0 Å². The lowest BCUT2D eigenvalue weighted by Gasteiger charge is -2.47. The number of anilines is 1. The van der Waals surface area contributed by atoms with Gasteiger partial charge in [0.2, 0.25) is 0 Å². The molecule has 1 aromatic carbocycles. The summed E-state index contributed by atoms with van der Waals surface area (Å²) in [5.41, 5.74) is 1.03. The van der Waals surface area contributed by atoms with Crippen molar-refractivity contribution in [2.75, 3.05) is 44.2 Å². The molecule has 0 aliphatic carbocycles. The molecule has 134 valence electrons. The van der Waals surface area contributed by atoms with Crippen LogP contribution in [0.4, 0.5) is 10.1 Å². The van der Waals surface area contributed by atoms with Crippen molar-refractivity contribution in [1.29, 1.82) is 0 Å². The monoisotopic (exact) mass is 365 g/mol. The Hall–Kier alpha value is -1.97. The molecule has 0 saturated carbocycles. The second kappa shape index (κ2) is 6.40. The molecule has 1 aromatic heterocycles. The van der Waals surface area contributed by atoms with E-state index >= 15 is 0 Å². The van der Waals surface area contributed by atoms with Crippen molar-refractivity contribution >= 4 is 15.7 Å². The molecule has 25 heavy (non-hydrogen) atoms. The van der Waals surface area contributed by atoms with Gasteiger partial charge in [-0.1, -0.05) is 0 Å². The van der Waals surface area contributed by atoms with Crippen molar-refractivity contribution in [2.45, 2.75) is 11.1 Å². The molecule has 0 unspecified atom stereocenters. The van der Waals surface area contributed by atoms with E-state index in [4.69, 9.17) is 0 Å². The second-order valence-electron chi connectivity index (χ2n) is 6.39. The Bertz CT molecular complexity index is 811. The van der Waals surface area contributed by atoms with Crippen molar-refractivity contribution in [3.8, 4) is 0 Å². The standard InChI is InChI=1S/C16H20FN5O2S/c17-13-1-3-14(4-2-13)20-5-7-21(8-6-20)15-10-22(11-15)25(23,24)16-9-18-12-19-16/h1-4,9,12,15H,5-8,10-11H2,(H,18,19). The van der Waals surface area contributed by atoms with Gasteiger partial charge in [-0.15, -0.1) is 0 Å². The number of H-pyrrole nitrogens is 1. The lowest BCUT2D eigenvalue weighted by atomic mass is 10.1. The first-order valence-electron chi connectivity index (χ1n) is 8.27. The van der Waals surface area contributed by atoms with Gasteiger partial charge in [-0.05, 0) is 24.3 Å². The summed E-state index contributed by atoms with van der Waals surface area (Å²) in [6, 6.07) is 6.81. The van der Waals surface area contributed by atoms with E-state index in [0.717, 1.165) is 31.9 Å². The Morgan fingerprint density at radius 2 is 1.76 bits per heavy atom. The molecule has 9 heteroatoms. The van der Waals surface area contributed by atoms with Crippen LogP contribution < -0.4 is 4.90 Å². The number of aromatic amines is 1. The molecule has 0 bridgehead atoms. The molecular formula is C16H20FN5O2S. The minimum absolute atomic E-state index is 0.145. The van der Waals surface area contributed by atoms with Gasteiger partial charge in [-0.25, -0.2) is 17.8 Å². The third-order valence-corrected chi connectivity index (χ3v) is 6.70. The van der Waals surface area contributed by atoms with E-state index in [9.17, 15) is 12.8 Å². The first-order valence-corrected chi connectivity index (χ1v) is 9.71. The maximum Gasteiger partial charge on any atom is 0.260 e. The van der Waals surface area contributed by atoms with Gasteiger partial charge in [0.05, 0.1) is 12.5 Å². The molecule has 2 aliphatic rings. The minimum atomic E-state index is -3.45. The average Bonchev–Trinajstić information content (AvgIpc) is 3.10. The van der Waals surface area contributed by atoms with E-state index < -0.39 is 10.0 Å². The highest BCUT2D eigenvalue weighted by Crippen LogP contribution is 2.25.